The van der Waals surface area contributed by atoms with Crippen LogP contribution in [0.1, 0.15) is 5.69 Å². The van der Waals surface area contributed by atoms with Crippen LogP contribution in [0.15, 0.2) is 48.0 Å². The van der Waals surface area contributed by atoms with Crippen molar-refractivity contribution in [1.82, 2.24) is 4.98 Å². The van der Waals surface area contributed by atoms with Gasteiger partial charge >= 0.3 is 7.11 Å². The summed E-state index contributed by atoms with van der Waals surface area (Å²) in [6.45, 7) is 0. The number of H-pyrrole nitrogens is 1. The van der Waals surface area contributed by atoms with Gasteiger partial charge in [-0.15, -0.1) is 0 Å². The molecule has 92 valence electrons. The lowest BCUT2D eigenvalue weighted by atomic mass is 10.1. The van der Waals surface area contributed by atoms with Crippen molar-refractivity contribution in [3.8, 4) is 0 Å². The Morgan fingerprint density at radius 2 is 2.17 bits per heavy atom. The summed E-state index contributed by atoms with van der Waals surface area (Å²) in [6, 6.07) is 3.35. The third-order valence-corrected chi connectivity index (χ3v) is 2.52. The monoisotopic (exact) mass is 250 g/mol. The second-order valence-electron chi connectivity index (χ2n) is 3.81. The van der Waals surface area contributed by atoms with Crippen molar-refractivity contribution in [2.45, 2.75) is 0 Å². The number of rotatable bonds is 1. The van der Waals surface area contributed by atoms with E-state index in [0.29, 0.717) is 11.4 Å². The van der Waals surface area contributed by atoms with Gasteiger partial charge in [0.05, 0.1) is 5.69 Å². The standard InChI is InChI=1S/C11H8BF2N2O2/c13-12(14)17-10(8-3-1-5-15-8)7-11(18-12)9-4-2-6-16-9/h1-7,15H/q-1/p+1/b11-9-. The number of nitrogens with one attached hydrogen (secondary N) is 2. The van der Waals surface area contributed by atoms with E-state index in [1.165, 1.54) is 6.08 Å². The first-order chi connectivity index (χ1) is 8.64. The fraction of sp³-hybridized carbons (Fsp3) is 0. The minimum Gasteiger partial charge on any atom is -0.626 e. The second kappa shape index (κ2) is 3.87. The first-order valence-corrected chi connectivity index (χ1v) is 5.38. The molecule has 0 aromatic carbocycles. The number of allylic oxidation sites excluding steroid dienone is 3. The fourth-order valence-electron chi connectivity index (χ4n) is 1.76. The number of hydrogen-bond acceptors (Lipinski definition) is 2. The van der Waals surface area contributed by atoms with E-state index in [0.717, 1.165) is 0 Å². The maximum absolute atomic E-state index is 13.4. The van der Waals surface area contributed by atoms with Crippen LogP contribution in [0.5, 0.6) is 0 Å². The molecule has 0 saturated carbocycles. The van der Waals surface area contributed by atoms with Gasteiger partial charge in [-0.25, -0.2) is 4.99 Å². The summed E-state index contributed by atoms with van der Waals surface area (Å²) < 4.78 is 35.9. The molecule has 1 aromatic heterocycles. The van der Waals surface area contributed by atoms with Crippen LogP contribution in [0.3, 0.4) is 0 Å². The van der Waals surface area contributed by atoms with Crippen molar-refractivity contribution in [3.05, 3.63) is 53.7 Å². The summed E-state index contributed by atoms with van der Waals surface area (Å²) in [6.07, 6.45) is 8.05. The Hall–Kier alpha value is -2.31. The molecule has 4 nitrogen and oxygen atoms in total. The summed E-state index contributed by atoms with van der Waals surface area (Å²) in [4.78, 5) is 5.63. The van der Waals surface area contributed by atoms with E-state index in [9.17, 15) is 8.63 Å². The van der Waals surface area contributed by atoms with E-state index < -0.39 is 7.11 Å². The van der Waals surface area contributed by atoms with Crippen molar-refractivity contribution in [1.29, 1.82) is 0 Å². The number of halogens is 2. The highest BCUT2D eigenvalue weighted by Crippen LogP contribution is 2.31. The number of hydrogen-bond donors (Lipinski definition) is 2. The molecule has 0 fully saturated rings. The molecule has 0 amide bonds. The van der Waals surface area contributed by atoms with Gasteiger partial charge in [0.25, 0.3) is 0 Å². The van der Waals surface area contributed by atoms with Crippen LogP contribution in [-0.2, 0) is 9.31 Å². The van der Waals surface area contributed by atoms with E-state index >= 15 is 0 Å². The largest absolute Gasteiger partial charge is 0.726 e. The van der Waals surface area contributed by atoms with Crippen molar-refractivity contribution in [3.63, 3.8) is 0 Å². The highest BCUT2D eigenvalue weighted by molar-refractivity contribution is 6.53. The zero-order valence-corrected chi connectivity index (χ0v) is 9.19. The number of aromatic amines is 1. The summed E-state index contributed by atoms with van der Waals surface area (Å²) >= 11 is 0. The molecule has 1 aromatic rings. The van der Waals surface area contributed by atoms with Crippen LogP contribution in [0, 0.1) is 0 Å². The lowest BCUT2D eigenvalue weighted by Crippen LogP contribution is -2.64. The molecule has 0 spiro atoms. The Kier molecular flexibility index (Phi) is 2.33. The highest BCUT2D eigenvalue weighted by Gasteiger charge is 2.39. The van der Waals surface area contributed by atoms with Gasteiger partial charge in [-0.3, -0.25) is 0 Å². The van der Waals surface area contributed by atoms with Crippen molar-refractivity contribution < 1.29 is 22.9 Å². The molecule has 0 saturated heterocycles. The Balaban J connectivity index is 2.06. The van der Waals surface area contributed by atoms with E-state index in [-0.39, 0.29) is 11.5 Å². The van der Waals surface area contributed by atoms with Gasteiger partial charge in [0, 0.05) is 24.4 Å². The van der Waals surface area contributed by atoms with Crippen molar-refractivity contribution in [2.75, 3.05) is 0 Å². The molecule has 0 radical (unpaired) electrons. The molecule has 0 atom stereocenters. The van der Waals surface area contributed by atoms with Gasteiger partial charge < -0.3 is 22.9 Å². The molecule has 2 N–H and O–H groups in total. The fourth-order valence-corrected chi connectivity index (χ4v) is 1.76. The molecule has 0 aliphatic carbocycles. The third-order valence-electron chi connectivity index (χ3n) is 2.52. The van der Waals surface area contributed by atoms with Crippen molar-refractivity contribution in [2.24, 2.45) is 0 Å². The van der Waals surface area contributed by atoms with Crippen LogP contribution in [0.25, 0.3) is 5.76 Å². The summed E-state index contributed by atoms with van der Waals surface area (Å²) in [7, 11) is -4.36. The Bertz CT molecular complexity index is 574. The first-order valence-electron chi connectivity index (χ1n) is 5.38. The maximum Gasteiger partial charge on any atom is 0.726 e. The van der Waals surface area contributed by atoms with Gasteiger partial charge in [0.15, 0.2) is 12.0 Å². The molecule has 0 bridgehead atoms. The lowest BCUT2D eigenvalue weighted by molar-refractivity contribution is -0.383. The van der Waals surface area contributed by atoms with Crippen LogP contribution < -0.4 is 4.99 Å². The van der Waals surface area contributed by atoms with Crippen LogP contribution in [-0.4, -0.2) is 18.3 Å². The molecule has 3 heterocycles. The molecular formula is C11H9BF2N2O2. The Morgan fingerprint density at radius 1 is 1.28 bits per heavy atom. The quantitative estimate of drug-likeness (QED) is 0.721. The average molecular weight is 250 g/mol. The molecule has 0 unspecified atom stereocenters. The Morgan fingerprint density at radius 3 is 2.83 bits per heavy atom. The molecular weight excluding hydrogens is 241 g/mol. The zero-order valence-electron chi connectivity index (χ0n) is 9.19. The van der Waals surface area contributed by atoms with Crippen molar-refractivity contribution >= 4 is 19.1 Å². The van der Waals surface area contributed by atoms with Crippen LogP contribution in [0.2, 0.25) is 0 Å². The maximum atomic E-state index is 13.4. The summed E-state index contributed by atoms with van der Waals surface area (Å²) in [5.74, 6) is 0.113. The molecule has 18 heavy (non-hydrogen) atoms. The summed E-state index contributed by atoms with van der Waals surface area (Å²) in [5, 5.41) is 0. The van der Waals surface area contributed by atoms with Gasteiger partial charge in [-0.05, 0) is 12.1 Å². The van der Waals surface area contributed by atoms with Gasteiger partial charge in [0.1, 0.15) is 5.76 Å². The van der Waals surface area contributed by atoms with E-state index in [2.05, 4.69) is 19.3 Å². The zero-order chi connectivity index (χ0) is 12.6. The summed E-state index contributed by atoms with van der Waals surface area (Å²) in [5.41, 5.74) is 0.952. The second-order valence-corrected chi connectivity index (χ2v) is 3.81. The van der Waals surface area contributed by atoms with Gasteiger partial charge in [-0.2, -0.15) is 0 Å². The SMILES string of the molecule is F[B-]1(F)OC(c2ccc[nH]2)=C/C(=C2\C=CC=[NH+]2)O1. The predicted molar refractivity (Wildman–Crippen MR) is 62.1 cm³/mol. The number of aromatic nitrogens is 1. The average Bonchev–Trinajstić information content (AvgIpc) is 3.01. The molecule has 7 heteroatoms. The molecule has 2 aliphatic rings. The van der Waals surface area contributed by atoms with E-state index in [4.69, 9.17) is 0 Å². The predicted octanol–water partition coefficient (Wildman–Crippen LogP) is 0.710. The third kappa shape index (κ3) is 1.94. The van der Waals surface area contributed by atoms with Gasteiger partial charge in [0.2, 0.25) is 5.70 Å². The van der Waals surface area contributed by atoms with Crippen LogP contribution >= 0.6 is 0 Å². The Labute approximate surface area is 101 Å². The lowest BCUT2D eigenvalue weighted by Gasteiger charge is -2.33. The smallest absolute Gasteiger partial charge is 0.626 e. The topological polar surface area (TPSA) is 48.2 Å². The molecule has 2 aliphatic heterocycles. The first kappa shape index (κ1) is 10.8. The minimum atomic E-state index is -4.36. The van der Waals surface area contributed by atoms with Crippen LogP contribution in [0.4, 0.5) is 8.63 Å². The minimum absolute atomic E-state index is 0.0563. The highest BCUT2D eigenvalue weighted by atomic mass is 19.3. The van der Waals surface area contributed by atoms with E-state index in [1.54, 1.807) is 36.7 Å². The molecule has 3 rings (SSSR count). The van der Waals surface area contributed by atoms with E-state index in [1.807, 2.05) is 0 Å². The normalized spacial score (nSPS) is 24.7. The van der Waals surface area contributed by atoms with Gasteiger partial charge in [-0.1, -0.05) is 0 Å².